The van der Waals surface area contributed by atoms with Gasteiger partial charge in [-0.3, -0.25) is 9.59 Å². The molecule has 0 aromatic heterocycles. The van der Waals surface area contributed by atoms with Crippen LogP contribution in [0.15, 0.2) is 41.3 Å². The fourth-order valence-corrected chi connectivity index (χ4v) is 2.41. The zero-order chi connectivity index (χ0) is 12.3. The summed E-state index contributed by atoms with van der Waals surface area (Å²) in [6.45, 7) is 2.05. The van der Waals surface area contributed by atoms with E-state index in [0.29, 0.717) is 10.6 Å². The van der Waals surface area contributed by atoms with Crippen molar-refractivity contribution in [2.45, 2.75) is 13.3 Å². The Labute approximate surface area is 104 Å². The maximum absolute atomic E-state index is 12.0. The van der Waals surface area contributed by atoms with Crippen LogP contribution in [0, 0.1) is 0 Å². The molecule has 1 heterocycles. The number of amides is 2. The minimum absolute atomic E-state index is 0.209. The van der Waals surface area contributed by atoms with Crippen LogP contribution in [-0.2, 0) is 9.59 Å². The molecule has 1 aliphatic rings. The standard InChI is InChI=1S/C13H13NO2S/c1-2-8-17-11-9-12(15)14(13(11)16)10-6-4-3-5-7-10/h3-7,9H,2,8H2,1H3. The average Bonchev–Trinajstić information content (AvgIpc) is 2.63. The van der Waals surface area contributed by atoms with Gasteiger partial charge in [-0.2, -0.15) is 0 Å². The van der Waals surface area contributed by atoms with Gasteiger partial charge in [0.25, 0.3) is 11.8 Å². The SMILES string of the molecule is CCCSC1=CC(=O)N(c2ccccc2)C1=O. The molecular formula is C13H13NO2S. The van der Waals surface area contributed by atoms with Gasteiger partial charge >= 0.3 is 0 Å². The molecule has 2 amide bonds. The van der Waals surface area contributed by atoms with Crippen LogP contribution >= 0.6 is 11.8 Å². The summed E-state index contributed by atoms with van der Waals surface area (Å²) in [5.74, 6) is 0.396. The zero-order valence-electron chi connectivity index (χ0n) is 9.55. The largest absolute Gasteiger partial charge is 0.271 e. The molecule has 0 N–H and O–H groups in total. The van der Waals surface area contributed by atoms with E-state index in [1.54, 1.807) is 12.1 Å². The summed E-state index contributed by atoms with van der Waals surface area (Å²) in [6.07, 6.45) is 2.41. The monoisotopic (exact) mass is 247 g/mol. The molecule has 0 unspecified atom stereocenters. The number of hydrogen-bond donors (Lipinski definition) is 0. The molecule has 1 aromatic carbocycles. The van der Waals surface area contributed by atoms with E-state index in [1.807, 2.05) is 25.1 Å². The van der Waals surface area contributed by atoms with Crippen molar-refractivity contribution in [2.24, 2.45) is 0 Å². The molecule has 0 spiro atoms. The minimum Gasteiger partial charge on any atom is -0.269 e. The number of para-hydroxylation sites is 1. The van der Waals surface area contributed by atoms with E-state index in [-0.39, 0.29) is 11.8 Å². The lowest BCUT2D eigenvalue weighted by Crippen LogP contribution is -2.30. The van der Waals surface area contributed by atoms with Gasteiger partial charge in [0.2, 0.25) is 0 Å². The highest BCUT2D eigenvalue weighted by Gasteiger charge is 2.32. The summed E-state index contributed by atoms with van der Waals surface area (Å²) < 4.78 is 0. The molecule has 2 rings (SSSR count). The van der Waals surface area contributed by atoms with Crippen LogP contribution in [-0.4, -0.2) is 17.6 Å². The van der Waals surface area contributed by atoms with Gasteiger partial charge in [0.15, 0.2) is 0 Å². The lowest BCUT2D eigenvalue weighted by Gasteiger charge is -2.14. The Morgan fingerprint density at radius 1 is 1.18 bits per heavy atom. The third-order valence-corrected chi connectivity index (χ3v) is 3.58. The topological polar surface area (TPSA) is 37.4 Å². The third-order valence-electron chi connectivity index (χ3n) is 2.36. The van der Waals surface area contributed by atoms with E-state index in [1.165, 1.54) is 22.7 Å². The van der Waals surface area contributed by atoms with Crippen molar-refractivity contribution >= 4 is 29.3 Å². The number of thioether (sulfide) groups is 1. The molecule has 17 heavy (non-hydrogen) atoms. The Bertz CT molecular complexity index is 468. The van der Waals surface area contributed by atoms with Gasteiger partial charge in [-0.15, -0.1) is 11.8 Å². The Kier molecular flexibility index (Phi) is 3.64. The average molecular weight is 247 g/mol. The Morgan fingerprint density at radius 2 is 1.88 bits per heavy atom. The molecule has 0 aliphatic carbocycles. The third kappa shape index (κ3) is 2.42. The molecule has 88 valence electrons. The summed E-state index contributed by atoms with van der Waals surface area (Å²) in [6, 6.07) is 9.00. The summed E-state index contributed by atoms with van der Waals surface area (Å²) in [5, 5.41) is 0. The van der Waals surface area contributed by atoms with E-state index in [2.05, 4.69) is 0 Å². The van der Waals surface area contributed by atoms with E-state index in [4.69, 9.17) is 0 Å². The van der Waals surface area contributed by atoms with Gasteiger partial charge in [0.05, 0.1) is 10.6 Å². The number of carbonyl (C=O) groups is 2. The summed E-state index contributed by atoms with van der Waals surface area (Å²) in [7, 11) is 0. The van der Waals surface area contributed by atoms with E-state index >= 15 is 0 Å². The zero-order valence-corrected chi connectivity index (χ0v) is 10.4. The highest BCUT2D eigenvalue weighted by Crippen LogP contribution is 2.28. The van der Waals surface area contributed by atoms with Crippen LogP contribution in [0.2, 0.25) is 0 Å². The minimum atomic E-state index is -0.250. The van der Waals surface area contributed by atoms with Gasteiger partial charge in [0.1, 0.15) is 0 Å². The molecule has 1 aromatic rings. The molecule has 0 atom stereocenters. The van der Waals surface area contributed by atoms with Crippen LogP contribution in [0.1, 0.15) is 13.3 Å². The van der Waals surface area contributed by atoms with Crippen molar-refractivity contribution in [1.82, 2.24) is 0 Å². The van der Waals surface area contributed by atoms with Gasteiger partial charge in [-0.05, 0) is 24.3 Å². The summed E-state index contributed by atoms with van der Waals surface area (Å²) in [5.41, 5.74) is 0.630. The molecule has 4 heteroatoms. The predicted octanol–water partition coefficient (Wildman–Crippen LogP) is 2.59. The second kappa shape index (κ2) is 5.19. The molecule has 0 radical (unpaired) electrons. The lowest BCUT2D eigenvalue weighted by molar-refractivity contribution is -0.120. The lowest BCUT2D eigenvalue weighted by atomic mass is 10.3. The molecule has 0 fully saturated rings. The van der Waals surface area contributed by atoms with Crippen LogP contribution in [0.5, 0.6) is 0 Å². The molecule has 0 saturated carbocycles. The first-order chi connectivity index (χ1) is 8.24. The van der Waals surface area contributed by atoms with Crippen LogP contribution < -0.4 is 4.90 Å². The first kappa shape index (κ1) is 11.9. The van der Waals surface area contributed by atoms with Gasteiger partial charge < -0.3 is 0 Å². The fourth-order valence-electron chi connectivity index (χ4n) is 1.59. The Hall–Kier alpha value is -1.55. The maximum Gasteiger partial charge on any atom is 0.271 e. The van der Waals surface area contributed by atoms with Crippen LogP contribution in [0.3, 0.4) is 0 Å². The predicted molar refractivity (Wildman–Crippen MR) is 69.8 cm³/mol. The van der Waals surface area contributed by atoms with Crippen molar-refractivity contribution in [3.05, 3.63) is 41.3 Å². The quantitative estimate of drug-likeness (QED) is 0.767. The summed E-state index contributed by atoms with van der Waals surface area (Å²) >= 11 is 1.44. The van der Waals surface area contributed by atoms with Crippen LogP contribution in [0.4, 0.5) is 5.69 Å². The van der Waals surface area contributed by atoms with Gasteiger partial charge in [0, 0.05) is 6.08 Å². The van der Waals surface area contributed by atoms with Crippen molar-refractivity contribution < 1.29 is 9.59 Å². The molecular weight excluding hydrogens is 234 g/mol. The maximum atomic E-state index is 12.0. The number of hydrogen-bond acceptors (Lipinski definition) is 3. The van der Waals surface area contributed by atoms with Crippen LogP contribution in [0.25, 0.3) is 0 Å². The number of nitrogens with zero attached hydrogens (tertiary/aromatic N) is 1. The molecule has 0 saturated heterocycles. The second-order valence-electron chi connectivity index (χ2n) is 3.67. The number of carbonyl (C=O) groups excluding carboxylic acids is 2. The normalized spacial score (nSPS) is 15.4. The first-order valence-corrected chi connectivity index (χ1v) is 6.50. The van der Waals surface area contributed by atoms with Crippen molar-refractivity contribution in [2.75, 3.05) is 10.7 Å². The second-order valence-corrected chi connectivity index (χ2v) is 4.81. The van der Waals surface area contributed by atoms with E-state index < -0.39 is 0 Å². The highest BCUT2D eigenvalue weighted by atomic mass is 32.2. The number of anilines is 1. The molecule has 1 aliphatic heterocycles. The molecule has 3 nitrogen and oxygen atoms in total. The number of benzene rings is 1. The van der Waals surface area contributed by atoms with E-state index in [9.17, 15) is 9.59 Å². The van der Waals surface area contributed by atoms with Gasteiger partial charge in [-0.25, -0.2) is 4.90 Å². The number of rotatable bonds is 4. The fraction of sp³-hybridized carbons (Fsp3) is 0.231. The van der Waals surface area contributed by atoms with Crippen molar-refractivity contribution in [3.63, 3.8) is 0 Å². The first-order valence-electron chi connectivity index (χ1n) is 5.52. The van der Waals surface area contributed by atoms with Gasteiger partial charge in [-0.1, -0.05) is 25.1 Å². The number of imide groups is 1. The highest BCUT2D eigenvalue weighted by molar-refractivity contribution is 8.04. The van der Waals surface area contributed by atoms with E-state index in [0.717, 1.165) is 12.2 Å². The summed E-state index contributed by atoms with van der Waals surface area (Å²) in [4.78, 5) is 25.6. The Balaban J connectivity index is 2.19. The Morgan fingerprint density at radius 3 is 2.53 bits per heavy atom. The molecule has 0 bridgehead atoms. The van der Waals surface area contributed by atoms with Crippen molar-refractivity contribution in [1.29, 1.82) is 0 Å². The van der Waals surface area contributed by atoms with Crippen molar-refractivity contribution in [3.8, 4) is 0 Å². The smallest absolute Gasteiger partial charge is 0.269 e.